The zero-order valence-electron chi connectivity index (χ0n) is 38.2. The van der Waals surface area contributed by atoms with Gasteiger partial charge in [-0.25, -0.2) is 14.4 Å². The van der Waals surface area contributed by atoms with Crippen LogP contribution in [0.3, 0.4) is 0 Å². The van der Waals surface area contributed by atoms with Gasteiger partial charge in [0, 0.05) is 37.7 Å². The zero-order chi connectivity index (χ0) is 48.6. The summed E-state index contributed by atoms with van der Waals surface area (Å²) in [5.41, 5.74) is -7.41. The van der Waals surface area contributed by atoms with E-state index in [-0.39, 0.29) is 41.9 Å². The molecule has 1 amide bonds. The van der Waals surface area contributed by atoms with Crippen LogP contribution in [0.15, 0.2) is 102 Å². The second-order valence-corrected chi connectivity index (χ2v) is 18.1. The van der Waals surface area contributed by atoms with E-state index in [0.717, 1.165) is 13.8 Å². The lowest BCUT2D eigenvalue weighted by molar-refractivity contribution is -0.346. The highest BCUT2D eigenvalue weighted by atomic mass is 16.7. The Morgan fingerprint density at radius 3 is 1.99 bits per heavy atom. The van der Waals surface area contributed by atoms with E-state index in [1.165, 1.54) is 32.9 Å². The van der Waals surface area contributed by atoms with Crippen LogP contribution in [0.5, 0.6) is 0 Å². The average molecular weight is 926 g/mol. The van der Waals surface area contributed by atoms with E-state index in [9.17, 15) is 39.0 Å². The normalized spacial score (nSPS) is 30.2. The molecule has 2 bridgehead atoms. The summed E-state index contributed by atoms with van der Waals surface area (Å²) in [5, 5.41) is 28.8. The van der Waals surface area contributed by atoms with Gasteiger partial charge < -0.3 is 48.7 Å². The SMILES string of the molecule is CCOC(=O)O[C@@H](C(=O)O[C@H]1C[C@@]2(O)[C@@H](OC(=O)c3ccccc3)C3[C@]4(OC(C)=O)COC4C[C@H](O)[C@@]3(C)C(=O)[C@H](OC(C)=O)C(=C1C)C2(C)C)[C@@H](NC(=O)c1ccccc1)c1ccccc1. The molecule has 2 saturated carbocycles. The second-order valence-electron chi connectivity index (χ2n) is 18.1. The van der Waals surface area contributed by atoms with E-state index in [2.05, 4.69) is 5.32 Å². The van der Waals surface area contributed by atoms with Gasteiger partial charge in [-0.3, -0.25) is 19.2 Å². The summed E-state index contributed by atoms with van der Waals surface area (Å²) in [6.45, 7) is 9.23. The predicted molar refractivity (Wildman–Crippen MR) is 234 cm³/mol. The number of esters is 4. The highest BCUT2D eigenvalue weighted by Crippen LogP contribution is 2.64. The van der Waals surface area contributed by atoms with E-state index < -0.39 is 119 Å². The van der Waals surface area contributed by atoms with Crippen molar-refractivity contribution in [1.29, 1.82) is 0 Å². The number of Topliss-reactive ketones (excluding diaryl/α,β-unsaturated/α-hetero) is 1. The summed E-state index contributed by atoms with van der Waals surface area (Å²) in [4.78, 5) is 98.1. The molecule has 1 saturated heterocycles. The number of ketones is 1. The molecule has 356 valence electrons. The van der Waals surface area contributed by atoms with Crippen LogP contribution in [0.4, 0.5) is 4.79 Å². The minimum Gasteiger partial charge on any atom is -0.455 e. The number of carbonyl (C=O) groups is 7. The van der Waals surface area contributed by atoms with Gasteiger partial charge in [0.1, 0.15) is 30.0 Å². The number of amides is 1. The van der Waals surface area contributed by atoms with E-state index in [1.54, 1.807) is 92.7 Å². The van der Waals surface area contributed by atoms with Crippen LogP contribution < -0.4 is 5.32 Å². The molecule has 0 radical (unpaired) electrons. The Bertz CT molecular complexity index is 2440. The Kier molecular flexibility index (Phi) is 13.5. The van der Waals surface area contributed by atoms with E-state index in [4.69, 9.17) is 33.2 Å². The Hall–Kier alpha value is -6.43. The summed E-state index contributed by atoms with van der Waals surface area (Å²) in [7, 11) is 0. The lowest BCUT2D eigenvalue weighted by Gasteiger charge is -2.67. The minimum atomic E-state index is -2.45. The topological polar surface area (TPSA) is 237 Å². The highest BCUT2D eigenvalue weighted by Gasteiger charge is 2.78. The maximum atomic E-state index is 15.6. The van der Waals surface area contributed by atoms with Crippen LogP contribution in [-0.4, -0.2) is 113 Å². The summed E-state index contributed by atoms with van der Waals surface area (Å²) >= 11 is 0. The van der Waals surface area contributed by atoms with E-state index in [0.29, 0.717) is 5.56 Å². The Morgan fingerprint density at radius 2 is 1.43 bits per heavy atom. The molecule has 3 N–H and O–H groups in total. The van der Waals surface area contributed by atoms with Gasteiger partial charge in [-0.1, -0.05) is 80.6 Å². The Balaban J connectivity index is 1.42. The van der Waals surface area contributed by atoms with Gasteiger partial charge in [0.2, 0.25) is 6.10 Å². The quantitative estimate of drug-likeness (QED) is 0.124. The molecular formula is C50H55NO16. The third-order valence-electron chi connectivity index (χ3n) is 13.9. The first-order valence-electron chi connectivity index (χ1n) is 22.1. The molecule has 3 fully saturated rings. The molecule has 0 aromatic heterocycles. The number of aliphatic hydroxyl groups excluding tert-OH is 1. The number of carbonyl (C=O) groups excluding carboxylic acids is 7. The second kappa shape index (κ2) is 18.7. The van der Waals surface area contributed by atoms with Gasteiger partial charge >= 0.3 is 30.0 Å². The van der Waals surface area contributed by atoms with Crippen molar-refractivity contribution in [3.05, 3.63) is 119 Å². The van der Waals surface area contributed by atoms with Gasteiger partial charge in [0.15, 0.2) is 17.5 Å². The average Bonchev–Trinajstić information content (AvgIpc) is 3.29. The maximum Gasteiger partial charge on any atom is 0.509 e. The molecule has 1 heterocycles. The summed E-state index contributed by atoms with van der Waals surface area (Å²) < 4.78 is 41.4. The molecule has 1 aliphatic heterocycles. The van der Waals surface area contributed by atoms with Crippen molar-refractivity contribution in [3.63, 3.8) is 0 Å². The number of ether oxygens (including phenoxy) is 7. The number of hydrogen-bond acceptors (Lipinski definition) is 16. The van der Waals surface area contributed by atoms with Crippen molar-refractivity contribution >= 4 is 41.7 Å². The van der Waals surface area contributed by atoms with Crippen molar-refractivity contribution < 1.29 is 76.9 Å². The van der Waals surface area contributed by atoms with Crippen molar-refractivity contribution in [2.24, 2.45) is 16.7 Å². The summed E-state index contributed by atoms with van der Waals surface area (Å²) in [6, 6.07) is 22.6. The fraction of sp³-hybridized carbons (Fsp3) is 0.460. The van der Waals surface area contributed by atoms with Crippen LogP contribution in [-0.2, 0) is 52.3 Å². The summed E-state index contributed by atoms with van der Waals surface area (Å²) in [6.07, 6.45) is -12.0. The third-order valence-corrected chi connectivity index (χ3v) is 13.9. The summed E-state index contributed by atoms with van der Waals surface area (Å²) in [5.74, 6) is -7.04. The van der Waals surface area contributed by atoms with Crippen molar-refractivity contribution in [2.75, 3.05) is 13.2 Å². The molecule has 7 rings (SSSR count). The largest absolute Gasteiger partial charge is 0.509 e. The van der Waals surface area contributed by atoms with Gasteiger partial charge in [0.25, 0.3) is 5.91 Å². The fourth-order valence-corrected chi connectivity index (χ4v) is 10.5. The van der Waals surface area contributed by atoms with Crippen molar-refractivity contribution in [3.8, 4) is 0 Å². The molecule has 17 nitrogen and oxygen atoms in total. The number of hydrogen-bond donors (Lipinski definition) is 3. The van der Waals surface area contributed by atoms with Crippen molar-refractivity contribution in [2.45, 2.75) is 115 Å². The van der Waals surface area contributed by atoms with Crippen LogP contribution in [0.2, 0.25) is 0 Å². The van der Waals surface area contributed by atoms with Crippen LogP contribution >= 0.6 is 0 Å². The zero-order valence-corrected chi connectivity index (χ0v) is 38.2. The molecule has 17 heteroatoms. The Labute approximate surface area is 387 Å². The Morgan fingerprint density at radius 1 is 0.836 bits per heavy atom. The lowest BCUT2D eigenvalue weighted by atomic mass is 9.44. The van der Waals surface area contributed by atoms with Gasteiger partial charge in [-0.15, -0.1) is 0 Å². The molecule has 3 aromatic carbocycles. The monoisotopic (exact) mass is 925 g/mol. The molecule has 2 unspecified atom stereocenters. The molecule has 67 heavy (non-hydrogen) atoms. The minimum absolute atomic E-state index is 0.0414. The number of nitrogens with one attached hydrogen (secondary N) is 1. The number of aliphatic hydroxyl groups is 2. The van der Waals surface area contributed by atoms with Crippen molar-refractivity contribution in [1.82, 2.24) is 5.32 Å². The number of rotatable bonds is 12. The molecule has 3 aromatic rings. The van der Waals surface area contributed by atoms with Crippen LogP contribution in [0.25, 0.3) is 0 Å². The van der Waals surface area contributed by atoms with Gasteiger partial charge in [0.05, 0.1) is 36.2 Å². The molecule has 0 spiro atoms. The van der Waals surface area contributed by atoms with Gasteiger partial charge in [-0.05, 0) is 61.7 Å². The smallest absolute Gasteiger partial charge is 0.455 e. The molecular weight excluding hydrogens is 871 g/mol. The molecule has 3 aliphatic carbocycles. The number of fused-ring (bicyclic) bond motifs is 5. The third kappa shape index (κ3) is 8.59. The van der Waals surface area contributed by atoms with E-state index in [1.807, 2.05) is 0 Å². The van der Waals surface area contributed by atoms with Gasteiger partial charge in [-0.2, -0.15) is 0 Å². The standard InChI is InChI=1S/C50H55NO16/c1-8-61-46(59)65-39(37(30-18-12-9-13-19-30)51-43(56)31-20-14-10-15-21-31)45(58)64-33-25-50(60)42(66-44(57)32-22-16-11-17-23-32)40-48(7,34(54)24-35-49(40,26-62-35)67-29(4)53)41(55)38(63-28(3)52)36(27(33)2)47(50,5)6/h9-23,33-35,37-40,42,54,60H,8,24-26H2,1-7H3,(H,51,56)/t33-,34-,35?,37-,38+,39+,40?,42-,48+,49-,50+/m0/s1. The van der Waals surface area contributed by atoms with E-state index >= 15 is 4.79 Å². The first-order chi connectivity index (χ1) is 31.7. The lowest BCUT2D eigenvalue weighted by Crippen LogP contribution is -2.82. The molecule has 4 aliphatic rings. The first-order valence-corrected chi connectivity index (χ1v) is 22.1. The number of benzene rings is 3. The predicted octanol–water partition coefficient (Wildman–Crippen LogP) is 4.92. The van der Waals surface area contributed by atoms with Crippen LogP contribution in [0.1, 0.15) is 93.6 Å². The fourth-order valence-electron chi connectivity index (χ4n) is 10.5. The first kappa shape index (κ1) is 48.5. The highest BCUT2D eigenvalue weighted by molar-refractivity contribution is 5.96. The van der Waals surface area contributed by atoms with Crippen LogP contribution in [0, 0.1) is 16.7 Å². The maximum absolute atomic E-state index is 15.6. The molecule has 11 atom stereocenters.